The van der Waals surface area contributed by atoms with Gasteiger partial charge in [-0.05, 0) is 25.5 Å². The van der Waals surface area contributed by atoms with E-state index in [2.05, 4.69) is 4.74 Å². The predicted molar refractivity (Wildman–Crippen MR) is 74.4 cm³/mol. The number of likely N-dealkylation sites (N-methyl/N-ethyl adjacent to an activating group) is 1. The van der Waals surface area contributed by atoms with Gasteiger partial charge in [0.05, 0.1) is 16.9 Å². The van der Waals surface area contributed by atoms with Gasteiger partial charge in [0.1, 0.15) is 6.54 Å². The van der Waals surface area contributed by atoms with E-state index in [0.29, 0.717) is 11.1 Å². The summed E-state index contributed by atoms with van der Waals surface area (Å²) in [6.07, 6.45) is 0. The topological polar surface area (TPSA) is 107 Å². The first-order valence-electron chi connectivity index (χ1n) is 5.90. The minimum absolute atomic E-state index is 0.233. The molecular formula is C12H16N2O6S. The molecule has 1 aromatic carbocycles. The Kier molecular flexibility index (Phi) is 5.02. The highest BCUT2D eigenvalue weighted by Crippen LogP contribution is 2.27. The van der Waals surface area contributed by atoms with E-state index < -0.39 is 27.5 Å². The van der Waals surface area contributed by atoms with Gasteiger partial charge in [0, 0.05) is 18.7 Å². The van der Waals surface area contributed by atoms with Gasteiger partial charge in [-0.3, -0.25) is 14.9 Å². The number of aryl methyl sites for hydroxylation is 1. The number of carbonyl (C=O) groups is 1. The number of nitro benzene ring substituents is 1. The molecule has 1 rings (SSSR count). The summed E-state index contributed by atoms with van der Waals surface area (Å²) in [5, 5.41) is 11.0. The van der Waals surface area contributed by atoms with E-state index in [0.717, 1.165) is 17.5 Å². The fourth-order valence-electron chi connectivity index (χ4n) is 1.66. The molecule has 0 aliphatic rings. The molecule has 0 unspecified atom stereocenters. The molecule has 116 valence electrons. The van der Waals surface area contributed by atoms with Gasteiger partial charge in [0.15, 0.2) is 0 Å². The van der Waals surface area contributed by atoms with Gasteiger partial charge >= 0.3 is 5.97 Å². The predicted octanol–water partition coefficient (Wildman–Crippen LogP) is 1.01. The lowest BCUT2D eigenvalue weighted by atomic mass is 10.1. The van der Waals surface area contributed by atoms with Crippen molar-refractivity contribution in [2.24, 2.45) is 0 Å². The Bertz CT molecular complexity index is 683. The SMILES string of the molecule is COC(=O)CN(C)S(=O)(=O)c1cc(C)c(C)c([N+](=O)[O-])c1. The Labute approximate surface area is 122 Å². The van der Waals surface area contributed by atoms with Gasteiger partial charge in [0.25, 0.3) is 5.69 Å². The summed E-state index contributed by atoms with van der Waals surface area (Å²) in [5.41, 5.74) is 0.601. The summed E-state index contributed by atoms with van der Waals surface area (Å²) in [5.74, 6) is -0.723. The number of hydrogen-bond acceptors (Lipinski definition) is 6. The van der Waals surface area contributed by atoms with Crippen LogP contribution in [0, 0.1) is 24.0 Å². The molecular weight excluding hydrogens is 300 g/mol. The van der Waals surface area contributed by atoms with Crippen molar-refractivity contribution in [2.45, 2.75) is 18.7 Å². The van der Waals surface area contributed by atoms with E-state index in [4.69, 9.17) is 0 Å². The molecule has 0 aromatic heterocycles. The van der Waals surface area contributed by atoms with Crippen molar-refractivity contribution in [3.8, 4) is 0 Å². The van der Waals surface area contributed by atoms with Crippen molar-refractivity contribution in [1.29, 1.82) is 0 Å². The Morgan fingerprint density at radius 3 is 2.43 bits per heavy atom. The number of carbonyl (C=O) groups excluding carboxylic acids is 1. The minimum Gasteiger partial charge on any atom is -0.468 e. The highest BCUT2D eigenvalue weighted by Gasteiger charge is 2.27. The van der Waals surface area contributed by atoms with E-state index in [1.54, 1.807) is 13.8 Å². The lowest BCUT2D eigenvalue weighted by molar-refractivity contribution is -0.385. The van der Waals surface area contributed by atoms with Crippen LogP contribution in [-0.4, -0.2) is 44.3 Å². The molecule has 0 heterocycles. The van der Waals surface area contributed by atoms with Crippen LogP contribution in [0.5, 0.6) is 0 Å². The first-order valence-corrected chi connectivity index (χ1v) is 7.34. The minimum atomic E-state index is -4.01. The van der Waals surface area contributed by atoms with Gasteiger partial charge < -0.3 is 4.74 Å². The molecule has 0 bridgehead atoms. The summed E-state index contributed by atoms with van der Waals surface area (Å²) < 4.78 is 29.8. The quantitative estimate of drug-likeness (QED) is 0.456. The number of ether oxygens (including phenoxy) is 1. The number of methoxy groups -OCH3 is 1. The second-order valence-corrected chi connectivity index (χ2v) is 6.52. The fourth-order valence-corrected chi connectivity index (χ4v) is 2.88. The number of benzene rings is 1. The zero-order valence-electron chi connectivity index (χ0n) is 12.1. The number of nitro groups is 1. The van der Waals surface area contributed by atoms with Crippen LogP contribution in [0.4, 0.5) is 5.69 Å². The van der Waals surface area contributed by atoms with Crippen molar-refractivity contribution < 1.29 is 22.9 Å². The molecule has 0 fully saturated rings. The van der Waals surface area contributed by atoms with Crippen molar-refractivity contribution >= 4 is 21.7 Å². The Morgan fingerprint density at radius 2 is 1.95 bits per heavy atom. The van der Waals surface area contributed by atoms with E-state index in [1.165, 1.54) is 13.1 Å². The monoisotopic (exact) mass is 316 g/mol. The van der Waals surface area contributed by atoms with Crippen molar-refractivity contribution in [3.05, 3.63) is 33.4 Å². The van der Waals surface area contributed by atoms with Crippen LogP contribution in [0.1, 0.15) is 11.1 Å². The molecule has 0 atom stereocenters. The molecule has 0 saturated carbocycles. The Balaban J connectivity index is 3.32. The molecule has 0 spiro atoms. The van der Waals surface area contributed by atoms with Gasteiger partial charge in [-0.15, -0.1) is 0 Å². The normalized spacial score (nSPS) is 11.5. The highest BCUT2D eigenvalue weighted by atomic mass is 32.2. The van der Waals surface area contributed by atoms with Crippen LogP contribution in [0.3, 0.4) is 0 Å². The number of hydrogen-bond donors (Lipinski definition) is 0. The first-order chi connectivity index (χ1) is 9.61. The van der Waals surface area contributed by atoms with E-state index in [9.17, 15) is 23.3 Å². The standard InChI is InChI=1S/C12H16N2O6S/c1-8-5-10(6-11(9(8)2)14(16)17)21(18,19)13(3)7-12(15)20-4/h5-6H,7H2,1-4H3. The van der Waals surface area contributed by atoms with Crippen LogP contribution in [0.25, 0.3) is 0 Å². The summed E-state index contributed by atoms with van der Waals surface area (Å²) in [6.45, 7) is 2.66. The summed E-state index contributed by atoms with van der Waals surface area (Å²) in [7, 11) is -1.67. The zero-order valence-corrected chi connectivity index (χ0v) is 12.9. The number of sulfonamides is 1. The average molecular weight is 316 g/mol. The Hall–Kier alpha value is -2.00. The number of esters is 1. The van der Waals surface area contributed by atoms with Crippen LogP contribution in [-0.2, 0) is 19.6 Å². The van der Waals surface area contributed by atoms with Crippen LogP contribution >= 0.6 is 0 Å². The van der Waals surface area contributed by atoms with Crippen molar-refractivity contribution in [2.75, 3.05) is 20.7 Å². The molecule has 9 heteroatoms. The van der Waals surface area contributed by atoms with Crippen LogP contribution in [0.2, 0.25) is 0 Å². The summed E-state index contributed by atoms with van der Waals surface area (Å²) in [4.78, 5) is 21.3. The van der Waals surface area contributed by atoms with Gasteiger partial charge in [-0.25, -0.2) is 8.42 Å². The van der Waals surface area contributed by atoms with Gasteiger partial charge in [0.2, 0.25) is 10.0 Å². The van der Waals surface area contributed by atoms with Crippen LogP contribution < -0.4 is 0 Å². The highest BCUT2D eigenvalue weighted by molar-refractivity contribution is 7.89. The first kappa shape index (κ1) is 17.1. The molecule has 0 aliphatic heterocycles. The second kappa shape index (κ2) is 6.19. The number of nitrogens with zero attached hydrogens (tertiary/aromatic N) is 2. The van der Waals surface area contributed by atoms with Crippen molar-refractivity contribution in [1.82, 2.24) is 4.31 Å². The van der Waals surface area contributed by atoms with E-state index in [-0.39, 0.29) is 10.6 Å². The molecule has 0 N–H and O–H groups in total. The average Bonchev–Trinajstić information content (AvgIpc) is 2.40. The molecule has 1 aromatic rings. The molecule has 21 heavy (non-hydrogen) atoms. The lowest BCUT2D eigenvalue weighted by Gasteiger charge is -2.16. The van der Waals surface area contributed by atoms with E-state index in [1.807, 2.05) is 0 Å². The number of rotatable bonds is 5. The smallest absolute Gasteiger partial charge is 0.321 e. The molecule has 0 radical (unpaired) electrons. The van der Waals surface area contributed by atoms with E-state index >= 15 is 0 Å². The molecule has 0 aliphatic carbocycles. The van der Waals surface area contributed by atoms with Gasteiger partial charge in [-0.1, -0.05) is 0 Å². The second-order valence-electron chi connectivity index (χ2n) is 4.48. The molecule has 0 amide bonds. The molecule has 0 saturated heterocycles. The van der Waals surface area contributed by atoms with Crippen LogP contribution in [0.15, 0.2) is 17.0 Å². The fraction of sp³-hybridized carbons (Fsp3) is 0.417. The maximum absolute atomic E-state index is 12.3. The summed E-state index contributed by atoms with van der Waals surface area (Å²) in [6, 6.07) is 2.33. The largest absolute Gasteiger partial charge is 0.468 e. The zero-order chi connectivity index (χ0) is 16.4. The van der Waals surface area contributed by atoms with Gasteiger partial charge in [-0.2, -0.15) is 4.31 Å². The van der Waals surface area contributed by atoms with Crippen molar-refractivity contribution in [3.63, 3.8) is 0 Å². The third kappa shape index (κ3) is 3.56. The Morgan fingerprint density at radius 1 is 1.38 bits per heavy atom. The third-order valence-corrected chi connectivity index (χ3v) is 4.88. The third-order valence-electron chi connectivity index (χ3n) is 3.10. The molecule has 8 nitrogen and oxygen atoms in total. The maximum atomic E-state index is 12.3. The maximum Gasteiger partial charge on any atom is 0.321 e. The summed E-state index contributed by atoms with van der Waals surface area (Å²) >= 11 is 0. The lowest BCUT2D eigenvalue weighted by Crippen LogP contribution is -2.32.